The molecule has 30 heavy (non-hydrogen) atoms. The fourth-order valence-electron chi connectivity index (χ4n) is 3.95. The summed E-state index contributed by atoms with van der Waals surface area (Å²) in [5.74, 6) is -2.48. The van der Waals surface area contributed by atoms with Crippen molar-refractivity contribution in [1.29, 1.82) is 0 Å². The van der Waals surface area contributed by atoms with Gasteiger partial charge in [0.15, 0.2) is 11.6 Å². The number of carboxylic acid groups (broad SMARTS) is 2. The molecule has 1 aliphatic carbocycles. The number of rotatable bonds is 6. The van der Waals surface area contributed by atoms with Crippen molar-refractivity contribution >= 4 is 23.5 Å². The highest BCUT2D eigenvalue weighted by Gasteiger charge is 2.34. The lowest BCUT2D eigenvalue weighted by molar-refractivity contribution is -0.139. The Hall–Kier alpha value is -3.28. The number of hydrogen-bond donors (Lipinski definition) is 2. The number of hydrogen-bond acceptors (Lipinski definition) is 4. The summed E-state index contributed by atoms with van der Waals surface area (Å²) >= 11 is 0. The fraction of sp³-hybridized carbons (Fsp3) is 0.333. The minimum absolute atomic E-state index is 0.105. The Labute approximate surface area is 174 Å². The van der Waals surface area contributed by atoms with E-state index < -0.39 is 22.8 Å². The van der Waals surface area contributed by atoms with E-state index in [-0.39, 0.29) is 46.7 Å². The van der Waals surface area contributed by atoms with Crippen molar-refractivity contribution in [2.75, 3.05) is 0 Å². The fourth-order valence-corrected chi connectivity index (χ4v) is 3.95. The third-order valence-corrected chi connectivity index (χ3v) is 5.77. The molecule has 0 unspecified atom stereocenters. The van der Waals surface area contributed by atoms with Gasteiger partial charge in [-0.25, -0.2) is 0 Å². The Morgan fingerprint density at radius 3 is 1.30 bits per heavy atom. The van der Waals surface area contributed by atoms with Crippen molar-refractivity contribution in [3.63, 3.8) is 0 Å². The number of fused-ring (bicyclic) bond motifs is 2. The number of carbonyl (C=O) groups is 4. The van der Waals surface area contributed by atoms with Gasteiger partial charge in [-0.15, -0.1) is 0 Å². The Morgan fingerprint density at radius 1 is 0.667 bits per heavy atom. The molecule has 1 aliphatic rings. The number of carboxylic acids is 2. The van der Waals surface area contributed by atoms with Crippen molar-refractivity contribution in [3.05, 3.63) is 69.8 Å². The molecule has 2 N–H and O–H groups in total. The van der Waals surface area contributed by atoms with Gasteiger partial charge in [0.2, 0.25) is 0 Å². The topological polar surface area (TPSA) is 109 Å². The molecule has 156 valence electrons. The van der Waals surface area contributed by atoms with E-state index >= 15 is 0 Å². The highest BCUT2D eigenvalue weighted by Crippen LogP contribution is 2.35. The van der Waals surface area contributed by atoms with Gasteiger partial charge in [0.1, 0.15) is 0 Å². The van der Waals surface area contributed by atoms with Crippen LogP contribution in [0.3, 0.4) is 0 Å². The normalized spacial score (nSPS) is 13.6. The van der Waals surface area contributed by atoms with Crippen LogP contribution in [0.15, 0.2) is 36.4 Å². The van der Waals surface area contributed by atoms with E-state index in [1.165, 1.54) is 0 Å². The molecule has 0 bridgehead atoms. The highest BCUT2D eigenvalue weighted by atomic mass is 16.4. The lowest BCUT2D eigenvalue weighted by Crippen LogP contribution is -2.27. The summed E-state index contributed by atoms with van der Waals surface area (Å²) in [6, 6.07) is 9.76. The third-order valence-electron chi connectivity index (χ3n) is 5.77. The van der Waals surface area contributed by atoms with Crippen molar-refractivity contribution < 1.29 is 29.4 Å². The zero-order valence-electron chi connectivity index (χ0n) is 17.4. The molecule has 2 aromatic rings. The van der Waals surface area contributed by atoms with Gasteiger partial charge >= 0.3 is 11.9 Å². The standard InChI is InChI=1S/C24H24O6/c1-23(2,11-19(25)26)13-5-7-15-17(9-13)21(29)16-8-6-14(10-18(16)22(15)30)24(3,4)12-20(27)28/h5-10H,11-12H2,1-4H3,(H,25,26)(H,27,28). The van der Waals surface area contributed by atoms with Crippen LogP contribution in [0.5, 0.6) is 0 Å². The van der Waals surface area contributed by atoms with Gasteiger partial charge in [-0.2, -0.15) is 0 Å². The molecule has 2 aromatic carbocycles. The highest BCUT2D eigenvalue weighted by molar-refractivity contribution is 6.28. The van der Waals surface area contributed by atoms with E-state index in [0.29, 0.717) is 11.1 Å². The summed E-state index contributed by atoms with van der Waals surface area (Å²) in [4.78, 5) is 48.6. The largest absolute Gasteiger partial charge is 0.481 e. The second-order valence-electron chi connectivity index (χ2n) is 9.09. The second kappa shape index (κ2) is 7.20. The smallest absolute Gasteiger partial charge is 0.304 e. The first-order valence-electron chi connectivity index (χ1n) is 9.65. The molecule has 6 nitrogen and oxygen atoms in total. The summed E-state index contributed by atoms with van der Waals surface area (Å²) in [7, 11) is 0. The zero-order valence-corrected chi connectivity index (χ0v) is 17.4. The lowest BCUT2D eigenvalue weighted by Gasteiger charge is -2.27. The van der Waals surface area contributed by atoms with Gasteiger partial charge in [-0.1, -0.05) is 39.8 Å². The lowest BCUT2D eigenvalue weighted by atomic mass is 9.75. The summed E-state index contributed by atoms with van der Waals surface area (Å²) in [6.07, 6.45) is -0.209. The second-order valence-corrected chi connectivity index (χ2v) is 9.09. The Morgan fingerprint density at radius 2 is 1.00 bits per heavy atom. The maximum Gasteiger partial charge on any atom is 0.304 e. The van der Waals surface area contributed by atoms with E-state index in [1.807, 2.05) is 0 Å². The van der Waals surface area contributed by atoms with E-state index in [2.05, 4.69) is 0 Å². The average Bonchev–Trinajstić information content (AvgIpc) is 2.63. The maximum atomic E-state index is 13.1. The SMILES string of the molecule is CC(C)(CC(=O)O)c1ccc2c(c1)C(=O)c1ccc(C(C)(C)CC(=O)O)cc1C2=O. The van der Waals surface area contributed by atoms with Crippen LogP contribution >= 0.6 is 0 Å². The number of aliphatic carboxylic acids is 2. The van der Waals surface area contributed by atoms with Crippen LogP contribution in [0.1, 0.15) is 83.5 Å². The molecular formula is C24H24O6. The molecule has 3 rings (SSSR count). The Balaban J connectivity index is 2.07. The van der Waals surface area contributed by atoms with Crippen molar-refractivity contribution in [1.82, 2.24) is 0 Å². The van der Waals surface area contributed by atoms with Crippen LogP contribution in [-0.2, 0) is 20.4 Å². The van der Waals surface area contributed by atoms with Gasteiger partial charge in [0, 0.05) is 33.1 Å². The molecular weight excluding hydrogens is 384 g/mol. The van der Waals surface area contributed by atoms with E-state index in [0.717, 1.165) is 0 Å². The molecule has 0 aliphatic heterocycles. The van der Waals surface area contributed by atoms with Crippen LogP contribution in [0, 0.1) is 0 Å². The minimum Gasteiger partial charge on any atom is -0.481 e. The first kappa shape index (κ1) is 21.4. The van der Waals surface area contributed by atoms with Gasteiger partial charge in [0.25, 0.3) is 0 Å². The van der Waals surface area contributed by atoms with Crippen LogP contribution in [-0.4, -0.2) is 33.7 Å². The summed E-state index contributed by atoms with van der Waals surface area (Å²) in [5, 5.41) is 18.3. The molecule has 0 saturated carbocycles. The molecule has 0 spiro atoms. The molecule has 0 amide bonds. The predicted octanol–water partition coefficient (Wildman–Crippen LogP) is 3.97. The average molecular weight is 408 g/mol. The van der Waals surface area contributed by atoms with Gasteiger partial charge in [-0.05, 0) is 35.4 Å². The first-order valence-corrected chi connectivity index (χ1v) is 9.65. The van der Waals surface area contributed by atoms with Crippen molar-refractivity contribution in [3.8, 4) is 0 Å². The van der Waals surface area contributed by atoms with Crippen LogP contribution in [0.25, 0.3) is 0 Å². The number of ketones is 2. The van der Waals surface area contributed by atoms with Crippen LogP contribution < -0.4 is 0 Å². The van der Waals surface area contributed by atoms with Crippen LogP contribution in [0.2, 0.25) is 0 Å². The quantitative estimate of drug-likeness (QED) is 0.639. The Bertz CT molecular complexity index is 1000. The molecule has 0 radical (unpaired) electrons. The van der Waals surface area contributed by atoms with Gasteiger partial charge in [-0.3, -0.25) is 19.2 Å². The zero-order chi connectivity index (χ0) is 22.4. The summed E-state index contributed by atoms with van der Waals surface area (Å²) < 4.78 is 0. The van der Waals surface area contributed by atoms with Gasteiger partial charge < -0.3 is 10.2 Å². The molecule has 0 atom stereocenters. The third kappa shape index (κ3) is 3.77. The predicted molar refractivity (Wildman–Crippen MR) is 110 cm³/mol. The van der Waals surface area contributed by atoms with Gasteiger partial charge in [0.05, 0.1) is 12.8 Å². The first-order chi connectivity index (χ1) is 13.8. The van der Waals surface area contributed by atoms with Crippen molar-refractivity contribution in [2.45, 2.75) is 51.4 Å². The molecule has 6 heteroatoms. The van der Waals surface area contributed by atoms with E-state index in [4.69, 9.17) is 10.2 Å². The molecule has 0 saturated heterocycles. The number of benzene rings is 2. The summed E-state index contributed by atoms with van der Waals surface area (Å²) in [5.41, 5.74) is 1.03. The van der Waals surface area contributed by atoms with Crippen molar-refractivity contribution in [2.24, 2.45) is 0 Å². The Kier molecular flexibility index (Phi) is 5.14. The monoisotopic (exact) mass is 408 g/mol. The molecule has 0 fully saturated rings. The summed E-state index contributed by atoms with van der Waals surface area (Å²) in [6.45, 7) is 7.12. The van der Waals surface area contributed by atoms with Crippen LogP contribution in [0.4, 0.5) is 0 Å². The molecule has 0 heterocycles. The number of carbonyl (C=O) groups excluding carboxylic acids is 2. The minimum atomic E-state index is -0.943. The maximum absolute atomic E-state index is 13.1. The van der Waals surface area contributed by atoms with E-state index in [1.54, 1.807) is 64.1 Å². The van der Waals surface area contributed by atoms with E-state index in [9.17, 15) is 19.2 Å². The molecule has 0 aromatic heterocycles.